The van der Waals surface area contributed by atoms with Gasteiger partial charge in [-0.05, 0) is 0 Å². The molecule has 0 atom stereocenters. The van der Waals surface area contributed by atoms with Crippen molar-refractivity contribution in [3.63, 3.8) is 0 Å². The molecule has 0 saturated heterocycles. The zero-order valence-electron chi connectivity index (χ0n) is 12.7. The fourth-order valence-electron chi connectivity index (χ4n) is 1.51. The molecule has 10 heteroatoms. The van der Waals surface area contributed by atoms with Crippen LogP contribution in [0.15, 0.2) is 0 Å². The minimum Gasteiger partial charge on any atom is -0.459 e. The molecular weight excluding hydrogens is 343 g/mol. The Morgan fingerprint density at radius 1 is 0.708 bits per heavy atom. The lowest BCUT2D eigenvalue weighted by atomic mass is 10.1. The predicted molar refractivity (Wildman–Crippen MR) is 70.0 cm³/mol. The van der Waals surface area contributed by atoms with Crippen LogP contribution in [0.5, 0.6) is 0 Å². The summed E-state index contributed by atoms with van der Waals surface area (Å²) in [5.74, 6) is -13.0. The summed E-state index contributed by atoms with van der Waals surface area (Å²) in [4.78, 5) is 11.5. The molecule has 0 aliphatic rings. The third kappa shape index (κ3) is 5.39. The third-order valence-electron chi connectivity index (χ3n) is 2.68. The van der Waals surface area contributed by atoms with E-state index in [1.54, 1.807) is 0 Å². The van der Waals surface area contributed by atoms with E-state index < -0.39 is 47.2 Å². The molecule has 0 unspecified atom stereocenters. The molecule has 5 nitrogen and oxygen atoms in total. The molecule has 0 aliphatic heterocycles. The van der Waals surface area contributed by atoms with Crippen LogP contribution in [0.4, 0.5) is 22.0 Å². The maximum Gasteiger partial charge on any atom is 0.344 e. The molecule has 1 aromatic carbocycles. The Hall–Kier alpha value is -1.78. The average molecular weight is 358 g/mol. The fraction of sp³-hybridized carbons (Fsp3) is 0.500. The first-order chi connectivity index (χ1) is 11.4. The van der Waals surface area contributed by atoms with Gasteiger partial charge >= 0.3 is 5.97 Å². The van der Waals surface area contributed by atoms with Gasteiger partial charge in [-0.1, -0.05) is 0 Å². The van der Waals surface area contributed by atoms with Crippen molar-refractivity contribution < 1.29 is 45.7 Å². The number of methoxy groups -OCH3 is 1. The largest absolute Gasteiger partial charge is 0.459 e. The molecule has 0 aliphatic carbocycles. The Morgan fingerprint density at radius 2 is 1.12 bits per heavy atom. The van der Waals surface area contributed by atoms with E-state index in [1.807, 2.05) is 0 Å². The molecule has 0 bridgehead atoms. The number of ether oxygens (including phenoxy) is 4. The molecule has 0 aromatic heterocycles. The van der Waals surface area contributed by atoms with Crippen molar-refractivity contribution in [2.75, 3.05) is 46.8 Å². The summed E-state index contributed by atoms with van der Waals surface area (Å²) in [6.07, 6.45) is 0. The van der Waals surface area contributed by atoms with Gasteiger partial charge in [0, 0.05) is 7.11 Å². The third-order valence-corrected chi connectivity index (χ3v) is 2.68. The normalized spacial score (nSPS) is 10.9. The molecular formula is C14H15F5O5. The van der Waals surface area contributed by atoms with Gasteiger partial charge < -0.3 is 18.9 Å². The maximum absolute atomic E-state index is 13.4. The van der Waals surface area contributed by atoms with E-state index in [9.17, 15) is 26.7 Å². The quantitative estimate of drug-likeness (QED) is 0.211. The first-order valence-corrected chi connectivity index (χ1v) is 6.74. The summed E-state index contributed by atoms with van der Waals surface area (Å²) >= 11 is 0. The number of halogens is 5. The summed E-state index contributed by atoms with van der Waals surface area (Å²) < 4.78 is 84.7. The van der Waals surface area contributed by atoms with Crippen molar-refractivity contribution >= 4 is 5.97 Å². The molecule has 0 radical (unpaired) electrons. The van der Waals surface area contributed by atoms with Crippen LogP contribution in [0.25, 0.3) is 0 Å². The lowest BCUT2D eigenvalue weighted by Crippen LogP contribution is -2.18. The van der Waals surface area contributed by atoms with Crippen molar-refractivity contribution in [2.45, 2.75) is 0 Å². The molecule has 0 spiro atoms. The monoisotopic (exact) mass is 358 g/mol. The number of hydrogen-bond donors (Lipinski definition) is 0. The molecule has 24 heavy (non-hydrogen) atoms. The fourth-order valence-corrected chi connectivity index (χ4v) is 1.51. The van der Waals surface area contributed by atoms with Gasteiger partial charge in [0.25, 0.3) is 0 Å². The van der Waals surface area contributed by atoms with Gasteiger partial charge in [0.05, 0.1) is 33.0 Å². The van der Waals surface area contributed by atoms with Crippen LogP contribution in [0.3, 0.4) is 0 Å². The SMILES string of the molecule is COCCOCCOCCOC(=O)c1c(F)c(F)c(F)c(F)c1F. The van der Waals surface area contributed by atoms with Crippen LogP contribution in [0, 0.1) is 29.1 Å². The van der Waals surface area contributed by atoms with Crippen LogP contribution in [0.1, 0.15) is 10.4 Å². The van der Waals surface area contributed by atoms with Crippen molar-refractivity contribution in [1.82, 2.24) is 0 Å². The van der Waals surface area contributed by atoms with Gasteiger partial charge in [-0.15, -0.1) is 0 Å². The maximum atomic E-state index is 13.4. The van der Waals surface area contributed by atoms with Crippen LogP contribution in [0.2, 0.25) is 0 Å². The highest BCUT2D eigenvalue weighted by atomic mass is 19.2. The lowest BCUT2D eigenvalue weighted by molar-refractivity contribution is 0.00527. The first-order valence-electron chi connectivity index (χ1n) is 6.74. The van der Waals surface area contributed by atoms with E-state index in [2.05, 4.69) is 4.74 Å². The Balaban J connectivity index is 2.42. The first kappa shape index (κ1) is 20.3. The highest BCUT2D eigenvalue weighted by molar-refractivity contribution is 5.90. The Bertz CT molecular complexity index is 538. The van der Waals surface area contributed by atoms with E-state index in [0.29, 0.717) is 13.2 Å². The number of hydrogen-bond acceptors (Lipinski definition) is 5. The number of benzene rings is 1. The van der Waals surface area contributed by atoms with Crippen molar-refractivity contribution in [1.29, 1.82) is 0 Å². The average Bonchev–Trinajstić information content (AvgIpc) is 2.57. The van der Waals surface area contributed by atoms with Gasteiger partial charge in [0.1, 0.15) is 12.2 Å². The Kier molecular flexibility index (Phi) is 8.58. The summed E-state index contributed by atoms with van der Waals surface area (Å²) in [6.45, 7) is 0.610. The summed E-state index contributed by atoms with van der Waals surface area (Å²) in [5, 5.41) is 0. The summed E-state index contributed by atoms with van der Waals surface area (Å²) in [5.41, 5.74) is -1.64. The molecule has 0 saturated carbocycles. The molecule has 0 heterocycles. The molecule has 0 amide bonds. The van der Waals surface area contributed by atoms with E-state index >= 15 is 0 Å². The number of carbonyl (C=O) groups is 1. The molecule has 1 aromatic rings. The van der Waals surface area contributed by atoms with E-state index in [1.165, 1.54) is 7.11 Å². The van der Waals surface area contributed by atoms with Crippen LogP contribution >= 0.6 is 0 Å². The van der Waals surface area contributed by atoms with Gasteiger partial charge in [0.2, 0.25) is 5.82 Å². The minimum atomic E-state index is -2.35. The predicted octanol–water partition coefficient (Wildman–Crippen LogP) is 2.22. The van der Waals surface area contributed by atoms with E-state index in [-0.39, 0.29) is 19.8 Å². The van der Waals surface area contributed by atoms with Crippen molar-refractivity contribution in [3.8, 4) is 0 Å². The minimum absolute atomic E-state index is 0.144. The standard InChI is InChI=1S/C14H15F5O5/c1-21-2-3-22-4-5-23-6-7-24-14(20)8-9(15)11(17)13(19)12(18)10(8)16/h2-7H2,1H3. The van der Waals surface area contributed by atoms with Crippen LogP contribution in [-0.2, 0) is 18.9 Å². The second kappa shape index (κ2) is 10.2. The van der Waals surface area contributed by atoms with Crippen LogP contribution in [-0.4, -0.2) is 52.7 Å². The van der Waals surface area contributed by atoms with Gasteiger partial charge in [0.15, 0.2) is 23.3 Å². The zero-order chi connectivity index (χ0) is 18.1. The Morgan fingerprint density at radius 3 is 1.62 bits per heavy atom. The number of esters is 1. The highest BCUT2D eigenvalue weighted by Gasteiger charge is 2.30. The van der Waals surface area contributed by atoms with Crippen LogP contribution < -0.4 is 0 Å². The van der Waals surface area contributed by atoms with Gasteiger partial charge in [-0.25, -0.2) is 26.7 Å². The molecule has 0 fully saturated rings. The summed E-state index contributed by atoms with van der Waals surface area (Å²) in [7, 11) is 1.51. The smallest absolute Gasteiger partial charge is 0.344 e. The second-order valence-electron chi connectivity index (χ2n) is 4.30. The Labute approximate surface area is 134 Å². The highest BCUT2D eigenvalue weighted by Crippen LogP contribution is 2.23. The second-order valence-corrected chi connectivity index (χ2v) is 4.30. The lowest BCUT2D eigenvalue weighted by Gasteiger charge is -2.09. The van der Waals surface area contributed by atoms with Gasteiger partial charge in [-0.2, -0.15) is 0 Å². The molecule has 1 rings (SSSR count). The molecule has 0 N–H and O–H groups in total. The van der Waals surface area contributed by atoms with E-state index in [4.69, 9.17) is 14.2 Å². The van der Waals surface area contributed by atoms with E-state index in [0.717, 1.165) is 0 Å². The van der Waals surface area contributed by atoms with Crippen molar-refractivity contribution in [3.05, 3.63) is 34.6 Å². The zero-order valence-corrected chi connectivity index (χ0v) is 12.7. The molecule has 136 valence electrons. The number of rotatable bonds is 10. The van der Waals surface area contributed by atoms with Gasteiger partial charge in [-0.3, -0.25) is 0 Å². The van der Waals surface area contributed by atoms with Crippen molar-refractivity contribution in [2.24, 2.45) is 0 Å². The topological polar surface area (TPSA) is 54.0 Å². The number of carbonyl (C=O) groups excluding carboxylic acids is 1. The summed E-state index contributed by atoms with van der Waals surface area (Å²) in [6, 6.07) is 0.